The van der Waals surface area contributed by atoms with Gasteiger partial charge in [0, 0.05) is 46.3 Å². The second kappa shape index (κ2) is 11.0. The van der Waals surface area contributed by atoms with Crippen molar-refractivity contribution >= 4 is 41.4 Å². The second-order valence-electron chi connectivity index (χ2n) is 7.09. The molecule has 0 aromatic heterocycles. The number of carbonyl (C=O) groups excluding carboxylic acids is 1. The molecule has 2 aromatic carbocycles. The second-order valence-corrected chi connectivity index (χ2v) is 7.09. The van der Waals surface area contributed by atoms with Gasteiger partial charge in [0.1, 0.15) is 0 Å². The summed E-state index contributed by atoms with van der Waals surface area (Å²) in [6.45, 7) is 2.46. The van der Waals surface area contributed by atoms with Crippen molar-refractivity contribution in [3.63, 3.8) is 0 Å². The van der Waals surface area contributed by atoms with Crippen LogP contribution in [0.5, 0.6) is 0 Å². The fourth-order valence-electron chi connectivity index (χ4n) is 3.31. The van der Waals surface area contributed by atoms with E-state index >= 15 is 0 Å². The molecule has 154 valence electrons. The van der Waals surface area contributed by atoms with E-state index in [0.717, 1.165) is 31.0 Å². The molecule has 0 radical (unpaired) electrons. The van der Waals surface area contributed by atoms with Gasteiger partial charge in [0.15, 0.2) is 5.96 Å². The van der Waals surface area contributed by atoms with Gasteiger partial charge in [-0.3, -0.25) is 9.79 Å². The zero-order valence-electron chi connectivity index (χ0n) is 17.3. The number of halogens is 1. The first kappa shape index (κ1) is 22.9. The first-order chi connectivity index (χ1) is 13.6. The Kier molecular flexibility index (Phi) is 8.70. The van der Waals surface area contributed by atoms with Crippen molar-refractivity contribution in [3.8, 4) is 0 Å². The summed E-state index contributed by atoms with van der Waals surface area (Å²) in [5.74, 6) is 0.918. The van der Waals surface area contributed by atoms with Crippen LogP contribution in [0.3, 0.4) is 0 Å². The molecular weight excluding hydrogens is 475 g/mol. The first-order valence-corrected chi connectivity index (χ1v) is 9.59. The van der Waals surface area contributed by atoms with Crippen molar-refractivity contribution in [2.75, 3.05) is 34.2 Å². The van der Waals surface area contributed by atoms with Crippen LogP contribution in [0.25, 0.3) is 5.57 Å². The molecule has 1 aliphatic rings. The first-order valence-electron chi connectivity index (χ1n) is 9.59. The van der Waals surface area contributed by atoms with E-state index in [1.54, 1.807) is 19.0 Å². The third kappa shape index (κ3) is 6.06. The van der Waals surface area contributed by atoms with Crippen molar-refractivity contribution in [2.45, 2.75) is 13.0 Å². The van der Waals surface area contributed by atoms with Gasteiger partial charge in [0.05, 0.1) is 0 Å². The minimum atomic E-state index is 0. The molecule has 0 atom stereocenters. The van der Waals surface area contributed by atoms with Gasteiger partial charge < -0.3 is 15.1 Å². The van der Waals surface area contributed by atoms with Crippen LogP contribution in [-0.2, 0) is 6.54 Å². The predicted octanol–water partition coefficient (Wildman–Crippen LogP) is 3.87. The molecule has 0 fully saturated rings. The van der Waals surface area contributed by atoms with E-state index in [0.29, 0.717) is 12.1 Å². The SMILES string of the molecule is CN=C(NCc1ccc(C(=O)N(C)C)cc1)N1CC=C(c2ccccc2)CC1.I. The van der Waals surface area contributed by atoms with E-state index in [4.69, 9.17) is 0 Å². The normalized spacial score (nSPS) is 14.0. The third-order valence-electron chi connectivity index (χ3n) is 4.92. The van der Waals surface area contributed by atoms with Gasteiger partial charge in [0.2, 0.25) is 0 Å². The number of aliphatic imine (C=N–C) groups is 1. The maximum absolute atomic E-state index is 12.0. The Hall–Kier alpha value is -2.35. The average Bonchev–Trinajstić information content (AvgIpc) is 2.75. The molecule has 6 heteroatoms. The molecule has 2 aromatic rings. The summed E-state index contributed by atoms with van der Waals surface area (Å²) in [5.41, 5.74) is 4.52. The molecular formula is C23H29IN4O. The van der Waals surface area contributed by atoms with Gasteiger partial charge in [-0.2, -0.15) is 0 Å². The largest absolute Gasteiger partial charge is 0.352 e. The topological polar surface area (TPSA) is 47.9 Å². The highest BCUT2D eigenvalue weighted by Crippen LogP contribution is 2.22. The van der Waals surface area contributed by atoms with Crippen LogP contribution in [0.1, 0.15) is 27.9 Å². The monoisotopic (exact) mass is 504 g/mol. The molecule has 0 unspecified atom stereocenters. The lowest BCUT2D eigenvalue weighted by atomic mass is 10.00. The predicted molar refractivity (Wildman–Crippen MR) is 131 cm³/mol. The number of amides is 1. The van der Waals surface area contributed by atoms with E-state index in [1.165, 1.54) is 11.1 Å². The highest BCUT2D eigenvalue weighted by atomic mass is 127. The molecule has 0 spiro atoms. The Morgan fingerprint density at radius 2 is 1.79 bits per heavy atom. The lowest BCUT2D eigenvalue weighted by Gasteiger charge is -2.29. The summed E-state index contributed by atoms with van der Waals surface area (Å²) < 4.78 is 0. The van der Waals surface area contributed by atoms with Crippen LogP contribution in [-0.4, -0.2) is 55.9 Å². The van der Waals surface area contributed by atoms with Crippen LogP contribution in [0.15, 0.2) is 65.7 Å². The van der Waals surface area contributed by atoms with Gasteiger partial charge in [0.25, 0.3) is 5.91 Å². The summed E-state index contributed by atoms with van der Waals surface area (Å²) in [7, 11) is 5.34. The number of hydrogen-bond acceptors (Lipinski definition) is 2. The smallest absolute Gasteiger partial charge is 0.253 e. The van der Waals surface area contributed by atoms with Crippen molar-refractivity contribution in [1.82, 2.24) is 15.1 Å². The Balaban J connectivity index is 0.00000300. The number of nitrogens with zero attached hydrogens (tertiary/aromatic N) is 3. The summed E-state index contributed by atoms with van der Waals surface area (Å²) >= 11 is 0. The van der Waals surface area contributed by atoms with Crippen LogP contribution < -0.4 is 5.32 Å². The molecule has 0 saturated carbocycles. The minimum absolute atomic E-state index is 0. The lowest BCUT2D eigenvalue weighted by molar-refractivity contribution is 0.0827. The molecule has 1 heterocycles. The van der Waals surface area contributed by atoms with E-state index < -0.39 is 0 Å². The summed E-state index contributed by atoms with van der Waals surface area (Å²) in [6, 6.07) is 18.3. The van der Waals surface area contributed by atoms with Gasteiger partial charge in [-0.25, -0.2) is 0 Å². The van der Waals surface area contributed by atoms with E-state index in [2.05, 4.69) is 45.6 Å². The molecule has 1 aliphatic heterocycles. The molecule has 0 aliphatic carbocycles. The highest BCUT2D eigenvalue weighted by Gasteiger charge is 2.16. The van der Waals surface area contributed by atoms with Crippen molar-refractivity contribution in [1.29, 1.82) is 0 Å². The van der Waals surface area contributed by atoms with Gasteiger partial charge in [-0.05, 0) is 35.3 Å². The van der Waals surface area contributed by atoms with Crippen LogP contribution in [0, 0.1) is 0 Å². The van der Waals surface area contributed by atoms with Crippen molar-refractivity contribution in [2.24, 2.45) is 4.99 Å². The number of rotatable bonds is 4. The van der Waals surface area contributed by atoms with Gasteiger partial charge in [-0.1, -0.05) is 48.5 Å². The van der Waals surface area contributed by atoms with E-state index in [-0.39, 0.29) is 29.9 Å². The Morgan fingerprint density at radius 1 is 1.10 bits per heavy atom. The number of carbonyl (C=O) groups is 1. The number of benzene rings is 2. The standard InChI is InChI=1S/C23H28N4O.HI/c1-24-23(25-17-18-9-11-21(12-10-18)22(28)26(2)3)27-15-13-20(14-16-27)19-7-5-4-6-8-19;/h4-13H,14-17H2,1-3H3,(H,24,25);1H. The minimum Gasteiger partial charge on any atom is -0.352 e. The molecule has 0 bridgehead atoms. The molecule has 1 amide bonds. The molecule has 3 rings (SSSR count). The number of nitrogens with one attached hydrogen (secondary N) is 1. The lowest BCUT2D eigenvalue weighted by Crippen LogP contribution is -2.43. The zero-order chi connectivity index (χ0) is 19.9. The Morgan fingerprint density at radius 3 is 2.34 bits per heavy atom. The fraction of sp³-hybridized carbons (Fsp3) is 0.304. The molecule has 0 saturated heterocycles. The highest BCUT2D eigenvalue weighted by molar-refractivity contribution is 14.0. The number of guanidine groups is 1. The van der Waals surface area contributed by atoms with Gasteiger partial charge >= 0.3 is 0 Å². The van der Waals surface area contributed by atoms with Crippen LogP contribution in [0.2, 0.25) is 0 Å². The summed E-state index contributed by atoms with van der Waals surface area (Å²) in [6.07, 6.45) is 3.29. The molecule has 5 nitrogen and oxygen atoms in total. The maximum atomic E-state index is 12.0. The van der Waals surface area contributed by atoms with E-state index in [1.807, 2.05) is 37.4 Å². The summed E-state index contributed by atoms with van der Waals surface area (Å²) in [5, 5.41) is 3.43. The summed E-state index contributed by atoms with van der Waals surface area (Å²) in [4.78, 5) is 20.3. The zero-order valence-corrected chi connectivity index (χ0v) is 19.6. The van der Waals surface area contributed by atoms with Crippen molar-refractivity contribution < 1.29 is 4.79 Å². The Labute approximate surface area is 190 Å². The Bertz CT molecular complexity index is 860. The van der Waals surface area contributed by atoms with Crippen LogP contribution >= 0.6 is 24.0 Å². The van der Waals surface area contributed by atoms with E-state index in [9.17, 15) is 4.79 Å². The quantitative estimate of drug-likeness (QED) is 0.391. The number of hydrogen-bond donors (Lipinski definition) is 1. The third-order valence-corrected chi connectivity index (χ3v) is 4.92. The van der Waals surface area contributed by atoms with Crippen LogP contribution in [0.4, 0.5) is 0 Å². The molecule has 29 heavy (non-hydrogen) atoms. The average molecular weight is 504 g/mol. The molecule has 1 N–H and O–H groups in total. The van der Waals surface area contributed by atoms with Gasteiger partial charge in [-0.15, -0.1) is 24.0 Å². The maximum Gasteiger partial charge on any atom is 0.253 e. The fourth-order valence-corrected chi connectivity index (χ4v) is 3.31. The van der Waals surface area contributed by atoms with Crippen molar-refractivity contribution in [3.05, 3.63) is 77.4 Å².